The molecule has 9 nitrogen and oxygen atoms in total. The Morgan fingerprint density at radius 1 is 1.16 bits per heavy atom. The first kappa shape index (κ1) is 18.7. The number of rotatable bonds is 5. The van der Waals surface area contributed by atoms with E-state index in [4.69, 9.17) is 4.74 Å². The Labute approximate surface area is 142 Å². The van der Waals surface area contributed by atoms with Gasteiger partial charge in [0.15, 0.2) is 17.6 Å². The minimum Gasteiger partial charge on any atom is -0.504 e. The van der Waals surface area contributed by atoms with Crippen LogP contribution in [0.1, 0.15) is 18.4 Å². The number of carbonyl (C=O) groups is 2. The van der Waals surface area contributed by atoms with Gasteiger partial charge < -0.3 is 35.0 Å². The van der Waals surface area contributed by atoms with Crippen molar-refractivity contribution in [3.8, 4) is 11.5 Å². The molecule has 1 aliphatic carbocycles. The molecule has 0 spiro atoms. The van der Waals surface area contributed by atoms with E-state index in [1.54, 1.807) is 0 Å². The highest BCUT2D eigenvalue weighted by molar-refractivity contribution is 5.87. The number of ether oxygens (including phenoxy) is 2. The van der Waals surface area contributed by atoms with Gasteiger partial charge in [-0.2, -0.15) is 0 Å². The number of hydrogen-bond donors (Lipinski definition) is 5. The van der Waals surface area contributed by atoms with Gasteiger partial charge in [-0.1, -0.05) is 6.07 Å². The molecule has 1 aromatic carbocycles. The van der Waals surface area contributed by atoms with Crippen LogP contribution in [-0.2, 0) is 19.1 Å². The molecule has 0 saturated heterocycles. The van der Waals surface area contributed by atoms with Gasteiger partial charge in [0.1, 0.15) is 0 Å². The molecule has 1 saturated carbocycles. The Kier molecular flexibility index (Phi) is 5.62. The van der Waals surface area contributed by atoms with Gasteiger partial charge in [0.2, 0.25) is 5.79 Å². The molecule has 0 bridgehead atoms. The molecular weight excluding hydrogens is 336 g/mol. The van der Waals surface area contributed by atoms with Crippen molar-refractivity contribution in [2.24, 2.45) is 0 Å². The van der Waals surface area contributed by atoms with Crippen LogP contribution in [0.3, 0.4) is 0 Å². The second kappa shape index (κ2) is 7.51. The van der Waals surface area contributed by atoms with Crippen LogP contribution in [0.5, 0.6) is 11.5 Å². The van der Waals surface area contributed by atoms with Crippen molar-refractivity contribution in [2.45, 2.75) is 36.9 Å². The number of phenols is 2. The lowest BCUT2D eigenvalue weighted by atomic mass is 9.87. The fraction of sp³-hybridized carbons (Fsp3) is 0.375. The first-order chi connectivity index (χ1) is 11.7. The standard InChI is InChI=1S/C16H18O9/c17-8-24-16(23)6-12(20)15(13(21)7-16)25-14(22)4-2-9-1-3-10(18)11(19)5-9/h1-5,8,12-13,15,18-21,23H,6-7H2. The van der Waals surface area contributed by atoms with E-state index in [9.17, 15) is 35.1 Å². The molecule has 2 rings (SSSR count). The van der Waals surface area contributed by atoms with Crippen LogP contribution in [0, 0.1) is 0 Å². The minimum absolute atomic E-state index is 0.00157. The van der Waals surface area contributed by atoms with Crippen molar-refractivity contribution in [3.63, 3.8) is 0 Å². The van der Waals surface area contributed by atoms with Crippen molar-refractivity contribution in [2.75, 3.05) is 0 Å². The molecule has 1 fully saturated rings. The van der Waals surface area contributed by atoms with Crippen LogP contribution in [0.2, 0.25) is 0 Å². The lowest BCUT2D eigenvalue weighted by Crippen LogP contribution is -2.55. The van der Waals surface area contributed by atoms with E-state index in [0.717, 1.165) is 6.08 Å². The molecule has 136 valence electrons. The maximum atomic E-state index is 11.8. The Morgan fingerprint density at radius 3 is 2.36 bits per heavy atom. The summed E-state index contributed by atoms with van der Waals surface area (Å²) in [4.78, 5) is 22.2. The van der Waals surface area contributed by atoms with Crippen molar-refractivity contribution < 1.29 is 44.6 Å². The molecule has 0 aliphatic heterocycles. The molecule has 25 heavy (non-hydrogen) atoms. The molecule has 0 radical (unpaired) electrons. The molecule has 1 aromatic rings. The molecule has 2 atom stereocenters. The molecule has 0 aromatic heterocycles. The smallest absolute Gasteiger partial charge is 0.331 e. The first-order valence-electron chi connectivity index (χ1n) is 7.35. The van der Waals surface area contributed by atoms with Gasteiger partial charge in [-0.15, -0.1) is 0 Å². The third-order valence-corrected chi connectivity index (χ3v) is 3.75. The highest BCUT2D eigenvalue weighted by Gasteiger charge is 2.47. The van der Waals surface area contributed by atoms with Gasteiger partial charge in [0.05, 0.1) is 12.2 Å². The van der Waals surface area contributed by atoms with Crippen LogP contribution in [0.4, 0.5) is 0 Å². The summed E-state index contributed by atoms with van der Waals surface area (Å²) in [5.41, 5.74) is 0.408. The highest BCUT2D eigenvalue weighted by atomic mass is 16.6. The normalized spacial score (nSPS) is 29.3. The number of aliphatic hydroxyl groups excluding tert-OH is 2. The second-order valence-corrected chi connectivity index (χ2v) is 5.69. The van der Waals surface area contributed by atoms with Crippen LogP contribution in [0.15, 0.2) is 24.3 Å². The topological polar surface area (TPSA) is 154 Å². The Hall–Kier alpha value is -2.62. The molecule has 5 N–H and O–H groups in total. The van der Waals surface area contributed by atoms with Crippen LogP contribution >= 0.6 is 0 Å². The maximum absolute atomic E-state index is 11.8. The summed E-state index contributed by atoms with van der Waals surface area (Å²) >= 11 is 0. The summed E-state index contributed by atoms with van der Waals surface area (Å²) in [7, 11) is 0. The fourth-order valence-electron chi connectivity index (χ4n) is 2.55. The zero-order valence-electron chi connectivity index (χ0n) is 13.0. The van der Waals surface area contributed by atoms with E-state index in [1.807, 2.05) is 0 Å². The number of phenolic OH excluding ortho intramolecular Hbond substituents is 2. The van der Waals surface area contributed by atoms with E-state index in [1.165, 1.54) is 24.3 Å². The number of benzene rings is 1. The van der Waals surface area contributed by atoms with E-state index >= 15 is 0 Å². The van der Waals surface area contributed by atoms with Gasteiger partial charge in [-0.25, -0.2) is 4.79 Å². The number of carbonyl (C=O) groups excluding carboxylic acids is 2. The fourth-order valence-corrected chi connectivity index (χ4v) is 2.55. The average Bonchev–Trinajstić information content (AvgIpc) is 2.52. The molecule has 2 unspecified atom stereocenters. The third kappa shape index (κ3) is 4.69. The summed E-state index contributed by atoms with van der Waals surface area (Å²) in [6.45, 7) is 0.00157. The zero-order chi connectivity index (χ0) is 18.6. The van der Waals surface area contributed by atoms with E-state index in [2.05, 4.69) is 4.74 Å². The summed E-state index contributed by atoms with van der Waals surface area (Å²) in [5.74, 6) is -3.57. The van der Waals surface area contributed by atoms with Gasteiger partial charge in [0, 0.05) is 18.9 Å². The van der Waals surface area contributed by atoms with Crippen LogP contribution < -0.4 is 0 Å². The largest absolute Gasteiger partial charge is 0.504 e. The molecule has 1 aliphatic rings. The third-order valence-electron chi connectivity index (χ3n) is 3.75. The first-order valence-corrected chi connectivity index (χ1v) is 7.35. The van der Waals surface area contributed by atoms with Crippen molar-refractivity contribution >= 4 is 18.5 Å². The van der Waals surface area contributed by atoms with Gasteiger partial charge in [0.25, 0.3) is 6.47 Å². The number of aliphatic hydroxyl groups is 3. The number of aromatic hydroxyl groups is 2. The Morgan fingerprint density at radius 2 is 1.80 bits per heavy atom. The molecule has 9 heteroatoms. The van der Waals surface area contributed by atoms with E-state index < -0.39 is 42.9 Å². The lowest BCUT2D eigenvalue weighted by molar-refractivity contribution is -0.255. The molecule has 0 heterocycles. The summed E-state index contributed by atoms with van der Waals surface area (Å²) in [5, 5.41) is 48.3. The molecular formula is C16H18O9. The SMILES string of the molecule is O=COC1(O)CC(O)C(OC(=O)C=Cc2ccc(O)c(O)c2)C(O)C1. The number of esters is 1. The average molecular weight is 354 g/mol. The number of hydrogen-bond acceptors (Lipinski definition) is 9. The van der Waals surface area contributed by atoms with Crippen molar-refractivity contribution in [1.29, 1.82) is 0 Å². The maximum Gasteiger partial charge on any atom is 0.331 e. The monoisotopic (exact) mass is 354 g/mol. The van der Waals surface area contributed by atoms with Gasteiger partial charge >= 0.3 is 5.97 Å². The Balaban J connectivity index is 1.99. The van der Waals surface area contributed by atoms with Gasteiger partial charge in [-0.3, -0.25) is 4.79 Å². The summed E-state index contributed by atoms with van der Waals surface area (Å²) in [6, 6.07) is 3.91. The van der Waals surface area contributed by atoms with Gasteiger partial charge in [-0.05, 0) is 23.8 Å². The zero-order valence-corrected chi connectivity index (χ0v) is 13.0. The predicted molar refractivity (Wildman–Crippen MR) is 82.0 cm³/mol. The summed E-state index contributed by atoms with van der Waals surface area (Å²) < 4.78 is 9.42. The van der Waals surface area contributed by atoms with Crippen LogP contribution in [-0.4, -0.2) is 62.1 Å². The van der Waals surface area contributed by atoms with E-state index in [-0.39, 0.29) is 18.0 Å². The second-order valence-electron chi connectivity index (χ2n) is 5.69. The summed E-state index contributed by atoms with van der Waals surface area (Å²) in [6.07, 6.45) is -2.72. The quantitative estimate of drug-likeness (QED) is 0.153. The van der Waals surface area contributed by atoms with Crippen molar-refractivity contribution in [1.82, 2.24) is 0 Å². The minimum atomic E-state index is -2.02. The predicted octanol–water partition coefficient (Wildman–Crippen LogP) is -0.600. The van der Waals surface area contributed by atoms with Crippen molar-refractivity contribution in [3.05, 3.63) is 29.8 Å². The molecule has 0 amide bonds. The Bertz CT molecular complexity index is 658. The van der Waals surface area contributed by atoms with E-state index in [0.29, 0.717) is 5.56 Å². The van der Waals surface area contributed by atoms with Crippen LogP contribution in [0.25, 0.3) is 6.08 Å². The lowest BCUT2D eigenvalue weighted by Gasteiger charge is -2.39. The highest BCUT2D eigenvalue weighted by Crippen LogP contribution is 2.31.